The van der Waals surface area contributed by atoms with E-state index in [4.69, 9.17) is 9.47 Å². The van der Waals surface area contributed by atoms with Crippen LogP contribution in [0.2, 0.25) is 0 Å². The lowest BCUT2D eigenvalue weighted by Gasteiger charge is -2.22. The number of carbonyl (C=O) groups excluding carboxylic acids is 1. The van der Waals surface area contributed by atoms with E-state index in [1.165, 1.54) is 12.8 Å². The van der Waals surface area contributed by atoms with Gasteiger partial charge in [0.15, 0.2) is 0 Å². The second kappa shape index (κ2) is 9.23. The Kier molecular flexibility index (Phi) is 6.46. The lowest BCUT2D eigenvalue weighted by Crippen LogP contribution is -2.28. The van der Waals surface area contributed by atoms with Crippen molar-refractivity contribution >= 4 is 5.97 Å². The fourth-order valence-corrected chi connectivity index (χ4v) is 3.01. The minimum absolute atomic E-state index is 0.286. The molecule has 1 aliphatic heterocycles. The van der Waals surface area contributed by atoms with E-state index in [-0.39, 0.29) is 12.6 Å². The van der Waals surface area contributed by atoms with E-state index >= 15 is 0 Å². The van der Waals surface area contributed by atoms with Crippen molar-refractivity contribution in [1.82, 2.24) is 5.32 Å². The van der Waals surface area contributed by atoms with Gasteiger partial charge in [0.05, 0.1) is 12.2 Å². The summed E-state index contributed by atoms with van der Waals surface area (Å²) >= 11 is 0. The molecule has 0 bridgehead atoms. The van der Waals surface area contributed by atoms with Crippen LogP contribution < -0.4 is 10.1 Å². The molecule has 0 aromatic heterocycles. The number of esters is 1. The number of hydrogen-bond acceptors (Lipinski definition) is 4. The number of piperidine rings is 1. The quantitative estimate of drug-likeness (QED) is 0.779. The Morgan fingerprint density at radius 1 is 1.00 bits per heavy atom. The maximum Gasteiger partial charge on any atom is 0.338 e. The van der Waals surface area contributed by atoms with Crippen molar-refractivity contribution in [3.8, 4) is 5.75 Å². The van der Waals surface area contributed by atoms with E-state index in [0.29, 0.717) is 5.56 Å². The van der Waals surface area contributed by atoms with E-state index in [2.05, 4.69) is 5.32 Å². The van der Waals surface area contributed by atoms with Crippen LogP contribution in [-0.4, -0.2) is 25.7 Å². The van der Waals surface area contributed by atoms with Gasteiger partial charge in [-0.05, 0) is 68.1 Å². The first kappa shape index (κ1) is 17.5. The zero-order valence-corrected chi connectivity index (χ0v) is 14.4. The van der Waals surface area contributed by atoms with Gasteiger partial charge in [-0.1, -0.05) is 30.3 Å². The first-order valence-electron chi connectivity index (χ1n) is 8.96. The summed E-state index contributed by atoms with van der Waals surface area (Å²) in [4.78, 5) is 12.1. The van der Waals surface area contributed by atoms with Crippen molar-refractivity contribution in [2.75, 3.05) is 19.7 Å². The maximum atomic E-state index is 12.1. The molecule has 1 N–H and O–H groups in total. The summed E-state index contributed by atoms with van der Waals surface area (Å²) in [5, 5.41) is 3.38. The maximum absolute atomic E-state index is 12.1. The Morgan fingerprint density at radius 3 is 2.44 bits per heavy atom. The molecule has 1 fully saturated rings. The largest absolute Gasteiger partial charge is 0.494 e. The molecule has 132 valence electrons. The minimum atomic E-state index is -0.315. The third-order valence-electron chi connectivity index (χ3n) is 4.56. The standard InChI is InChI=1S/C21H25NO3/c23-21(25-16-18-4-2-1-3-5-18)19-6-8-20(9-7-19)24-15-12-17-10-13-22-14-11-17/h1-9,17,22H,10-16H2. The molecule has 1 aliphatic rings. The Hall–Kier alpha value is -2.33. The van der Waals surface area contributed by atoms with Gasteiger partial charge in [-0.2, -0.15) is 0 Å². The number of carbonyl (C=O) groups is 1. The number of ether oxygens (including phenoxy) is 2. The Bertz CT molecular complexity index is 649. The second-order valence-electron chi connectivity index (χ2n) is 6.42. The molecule has 2 aromatic carbocycles. The van der Waals surface area contributed by atoms with E-state index in [9.17, 15) is 4.79 Å². The predicted octanol–water partition coefficient (Wildman–Crippen LogP) is 3.81. The highest BCUT2D eigenvalue weighted by Gasteiger charge is 2.13. The van der Waals surface area contributed by atoms with Crippen LogP contribution in [0.1, 0.15) is 35.2 Å². The molecule has 0 radical (unpaired) electrons. The van der Waals surface area contributed by atoms with Gasteiger partial charge in [-0.25, -0.2) is 4.79 Å². The highest BCUT2D eigenvalue weighted by molar-refractivity contribution is 5.89. The first-order valence-corrected chi connectivity index (χ1v) is 8.96. The van der Waals surface area contributed by atoms with Crippen molar-refractivity contribution in [2.24, 2.45) is 5.92 Å². The van der Waals surface area contributed by atoms with Crippen molar-refractivity contribution in [3.63, 3.8) is 0 Å². The average molecular weight is 339 g/mol. The van der Waals surface area contributed by atoms with Crippen LogP contribution >= 0.6 is 0 Å². The number of nitrogens with one attached hydrogen (secondary N) is 1. The molecule has 2 aromatic rings. The third-order valence-corrected chi connectivity index (χ3v) is 4.56. The van der Waals surface area contributed by atoms with E-state index < -0.39 is 0 Å². The molecule has 0 unspecified atom stereocenters. The number of rotatable bonds is 7. The summed E-state index contributed by atoms with van der Waals surface area (Å²) in [5.41, 5.74) is 1.52. The molecular formula is C21H25NO3. The number of hydrogen-bond donors (Lipinski definition) is 1. The van der Waals surface area contributed by atoms with Crippen molar-refractivity contribution in [2.45, 2.75) is 25.9 Å². The third kappa shape index (κ3) is 5.61. The number of benzene rings is 2. The molecule has 4 heteroatoms. The molecule has 4 nitrogen and oxygen atoms in total. The van der Waals surface area contributed by atoms with Gasteiger partial charge in [-0.3, -0.25) is 0 Å². The molecule has 1 heterocycles. The lowest BCUT2D eigenvalue weighted by atomic mass is 9.95. The summed E-state index contributed by atoms with van der Waals surface area (Å²) in [5.74, 6) is 1.24. The SMILES string of the molecule is O=C(OCc1ccccc1)c1ccc(OCCC2CCNCC2)cc1. The summed E-state index contributed by atoms with van der Waals surface area (Å²) in [6, 6.07) is 16.9. The zero-order valence-electron chi connectivity index (χ0n) is 14.4. The smallest absolute Gasteiger partial charge is 0.338 e. The van der Waals surface area contributed by atoms with Gasteiger partial charge >= 0.3 is 5.97 Å². The Balaban J connectivity index is 1.42. The van der Waals surface area contributed by atoms with Crippen LogP contribution in [0.25, 0.3) is 0 Å². The summed E-state index contributed by atoms with van der Waals surface area (Å²) in [7, 11) is 0. The van der Waals surface area contributed by atoms with Crippen LogP contribution in [-0.2, 0) is 11.3 Å². The monoisotopic (exact) mass is 339 g/mol. The Morgan fingerprint density at radius 2 is 1.72 bits per heavy atom. The average Bonchev–Trinajstić information content (AvgIpc) is 2.68. The van der Waals surface area contributed by atoms with Crippen molar-refractivity contribution < 1.29 is 14.3 Å². The molecular weight excluding hydrogens is 314 g/mol. The van der Waals surface area contributed by atoms with Gasteiger partial charge in [0, 0.05) is 0 Å². The van der Waals surface area contributed by atoms with Crippen LogP contribution in [0.5, 0.6) is 5.75 Å². The first-order chi connectivity index (χ1) is 12.3. The van der Waals surface area contributed by atoms with Gasteiger partial charge in [0.2, 0.25) is 0 Å². The fourth-order valence-electron chi connectivity index (χ4n) is 3.01. The molecule has 0 spiro atoms. The molecule has 0 amide bonds. The highest BCUT2D eigenvalue weighted by Crippen LogP contribution is 2.18. The zero-order chi connectivity index (χ0) is 17.3. The predicted molar refractivity (Wildman–Crippen MR) is 97.7 cm³/mol. The highest BCUT2D eigenvalue weighted by atomic mass is 16.5. The van der Waals surface area contributed by atoms with Gasteiger partial charge in [0.25, 0.3) is 0 Å². The van der Waals surface area contributed by atoms with Crippen LogP contribution in [0.3, 0.4) is 0 Å². The van der Waals surface area contributed by atoms with Gasteiger partial charge in [-0.15, -0.1) is 0 Å². The van der Waals surface area contributed by atoms with Gasteiger partial charge in [0.1, 0.15) is 12.4 Å². The van der Waals surface area contributed by atoms with Crippen molar-refractivity contribution in [3.05, 3.63) is 65.7 Å². The van der Waals surface area contributed by atoms with Crippen LogP contribution in [0.4, 0.5) is 0 Å². The second-order valence-corrected chi connectivity index (χ2v) is 6.42. The van der Waals surface area contributed by atoms with E-state index in [1.807, 2.05) is 42.5 Å². The molecule has 0 saturated carbocycles. The summed E-state index contributed by atoms with van der Waals surface area (Å²) in [6.45, 7) is 3.24. The Labute approximate surface area is 149 Å². The molecule has 25 heavy (non-hydrogen) atoms. The minimum Gasteiger partial charge on any atom is -0.494 e. The fraction of sp³-hybridized carbons (Fsp3) is 0.381. The normalized spacial score (nSPS) is 14.9. The topological polar surface area (TPSA) is 47.6 Å². The molecule has 0 atom stereocenters. The summed E-state index contributed by atoms with van der Waals surface area (Å²) < 4.78 is 11.1. The van der Waals surface area contributed by atoms with Crippen molar-refractivity contribution in [1.29, 1.82) is 0 Å². The van der Waals surface area contributed by atoms with Crippen LogP contribution in [0.15, 0.2) is 54.6 Å². The van der Waals surface area contributed by atoms with E-state index in [1.54, 1.807) is 12.1 Å². The lowest BCUT2D eigenvalue weighted by molar-refractivity contribution is 0.0472. The molecule has 3 rings (SSSR count). The van der Waals surface area contributed by atoms with E-state index in [0.717, 1.165) is 43.3 Å². The van der Waals surface area contributed by atoms with Gasteiger partial charge < -0.3 is 14.8 Å². The summed E-state index contributed by atoms with van der Waals surface area (Å²) in [6.07, 6.45) is 3.55. The molecule has 1 saturated heterocycles. The molecule has 0 aliphatic carbocycles. The van der Waals surface area contributed by atoms with Crippen LogP contribution in [0, 0.1) is 5.92 Å².